The van der Waals surface area contributed by atoms with E-state index in [2.05, 4.69) is 15.3 Å². The zero-order valence-corrected chi connectivity index (χ0v) is 14.9. The number of aromatic nitrogens is 2. The molecule has 4 heterocycles. The Labute approximate surface area is 148 Å². The second-order valence-corrected chi connectivity index (χ2v) is 7.64. The first-order chi connectivity index (χ1) is 12.1. The maximum Gasteiger partial charge on any atom is 0.246 e. The van der Waals surface area contributed by atoms with Gasteiger partial charge in [0.15, 0.2) is 0 Å². The molecule has 7 nitrogen and oxygen atoms in total. The molecule has 3 aliphatic heterocycles. The van der Waals surface area contributed by atoms with Gasteiger partial charge in [0, 0.05) is 51.3 Å². The van der Waals surface area contributed by atoms with Crippen LogP contribution in [0.1, 0.15) is 50.0 Å². The zero-order chi connectivity index (χ0) is 17.4. The Bertz CT molecular complexity index is 662. The minimum atomic E-state index is -0.316. The van der Waals surface area contributed by atoms with E-state index < -0.39 is 0 Å². The highest BCUT2D eigenvalue weighted by Gasteiger charge is 2.42. The van der Waals surface area contributed by atoms with Crippen molar-refractivity contribution in [1.29, 1.82) is 0 Å². The van der Waals surface area contributed by atoms with E-state index in [0.717, 1.165) is 69.8 Å². The number of likely N-dealkylation sites (tertiary alicyclic amines) is 2. The summed E-state index contributed by atoms with van der Waals surface area (Å²) in [6.45, 7) is 6.06. The standard InChI is InChI=1S/C18H27N5O2/c1-2-22-11-18(5-3-14(22)24)6-9-23(10-7-18)17(25)16-15-13(4-8-19-16)20-12-21-15/h12,16,19H,2-11H2,1H3,(H,20,21). The van der Waals surface area contributed by atoms with E-state index in [4.69, 9.17) is 0 Å². The lowest BCUT2D eigenvalue weighted by Crippen LogP contribution is -2.54. The first-order valence-corrected chi connectivity index (χ1v) is 9.44. The van der Waals surface area contributed by atoms with Crippen molar-refractivity contribution in [2.45, 2.75) is 45.1 Å². The normalized spacial score (nSPS) is 26.0. The van der Waals surface area contributed by atoms with Crippen LogP contribution in [0.4, 0.5) is 0 Å². The van der Waals surface area contributed by atoms with Crippen LogP contribution < -0.4 is 5.32 Å². The van der Waals surface area contributed by atoms with Gasteiger partial charge in [-0.3, -0.25) is 9.59 Å². The van der Waals surface area contributed by atoms with Gasteiger partial charge in [-0.15, -0.1) is 0 Å². The molecule has 0 radical (unpaired) electrons. The topological polar surface area (TPSA) is 81.3 Å². The third-order valence-corrected chi connectivity index (χ3v) is 6.26. The lowest BCUT2D eigenvalue weighted by Gasteiger charge is -2.47. The number of nitrogens with zero attached hydrogens (tertiary/aromatic N) is 3. The van der Waals surface area contributed by atoms with Crippen molar-refractivity contribution in [3.63, 3.8) is 0 Å². The van der Waals surface area contributed by atoms with Crippen LogP contribution in [-0.4, -0.2) is 64.3 Å². The monoisotopic (exact) mass is 345 g/mol. The van der Waals surface area contributed by atoms with Gasteiger partial charge in [-0.25, -0.2) is 4.98 Å². The highest BCUT2D eigenvalue weighted by atomic mass is 16.2. The summed E-state index contributed by atoms with van der Waals surface area (Å²) in [5, 5.41) is 3.32. The van der Waals surface area contributed by atoms with Gasteiger partial charge >= 0.3 is 0 Å². The molecule has 1 aromatic heterocycles. The predicted octanol–water partition coefficient (Wildman–Crippen LogP) is 0.848. The van der Waals surface area contributed by atoms with Crippen molar-refractivity contribution in [1.82, 2.24) is 25.1 Å². The smallest absolute Gasteiger partial charge is 0.246 e. The molecule has 0 aliphatic carbocycles. The fraction of sp³-hybridized carbons (Fsp3) is 0.722. The van der Waals surface area contributed by atoms with Gasteiger partial charge in [-0.2, -0.15) is 0 Å². The molecule has 0 bridgehead atoms. The Morgan fingerprint density at radius 2 is 2.12 bits per heavy atom. The van der Waals surface area contributed by atoms with E-state index in [9.17, 15) is 9.59 Å². The van der Waals surface area contributed by atoms with Crippen molar-refractivity contribution < 1.29 is 9.59 Å². The molecule has 0 saturated carbocycles. The molecule has 3 aliphatic rings. The average Bonchev–Trinajstić information content (AvgIpc) is 3.13. The molecule has 1 aromatic rings. The van der Waals surface area contributed by atoms with Gasteiger partial charge in [0.05, 0.1) is 12.0 Å². The number of aromatic amines is 1. The van der Waals surface area contributed by atoms with Gasteiger partial charge in [0.25, 0.3) is 0 Å². The summed E-state index contributed by atoms with van der Waals surface area (Å²) in [4.78, 5) is 36.4. The van der Waals surface area contributed by atoms with Crippen LogP contribution in [0.2, 0.25) is 0 Å². The quantitative estimate of drug-likeness (QED) is 0.833. The van der Waals surface area contributed by atoms with Crippen LogP contribution in [0.15, 0.2) is 6.33 Å². The van der Waals surface area contributed by atoms with Crippen LogP contribution in [0, 0.1) is 5.41 Å². The lowest BCUT2D eigenvalue weighted by molar-refractivity contribution is -0.143. The molecule has 25 heavy (non-hydrogen) atoms. The molecule has 136 valence electrons. The molecular weight excluding hydrogens is 318 g/mol. The second-order valence-electron chi connectivity index (χ2n) is 7.64. The molecule has 0 aromatic carbocycles. The Morgan fingerprint density at radius 1 is 1.32 bits per heavy atom. The molecular formula is C18H27N5O2. The summed E-state index contributed by atoms with van der Waals surface area (Å²) in [5.74, 6) is 0.422. The highest BCUT2D eigenvalue weighted by molar-refractivity contribution is 5.83. The summed E-state index contributed by atoms with van der Waals surface area (Å²) >= 11 is 0. The Morgan fingerprint density at radius 3 is 2.88 bits per heavy atom. The number of nitrogens with one attached hydrogen (secondary N) is 2. The molecule has 2 amide bonds. The van der Waals surface area contributed by atoms with Gasteiger partial charge < -0.3 is 20.1 Å². The maximum absolute atomic E-state index is 13.0. The molecule has 1 spiro atoms. The van der Waals surface area contributed by atoms with Crippen molar-refractivity contribution in [2.75, 3.05) is 32.7 Å². The van der Waals surface area contributed by atoms with E-state index >= 15 is 0 Å². The number of hydrogen-bond acceptors (Lipinski definition) is 4. The highest BCUT2D eigenvalue weighted by Crippen LogP contribution is 2.40. The van der Waals surface area contributed by atoms with Crippen molar-refractivity contribution >= 4 is 11.8 Å². The van der Waals surface area contributed by atoms with Crippen molar-refractivity contribution in [2.24, 2.45) is 5.41 Å². The van der Waals surface area contributed by atoms with Crippen LogP contribution in [0.25, 0.3) is 0 Å². The Hall–Kier alpha value is -1.89. The number of imidazole rings is 1. The molecule has 7 heteroatoms. The van der Waals surface area contributed by atoms with Crippen LogP contribution >= 0.6 is 0 Å². The maximum atomic E-state index is 13.0. The summed E-state index contributed by atoms with van der Waals surface area (Å²) in [7, 11) is 0. The van der Waals surface area contributed by atoms with Gasteiger partial charge in [0.2, 0.25) is 11.8 Å². The molecule has 2 saturated heterocycles. The van der Waals surface area contributed by atoms with Crippen LogP contribution in [0.3, 0.4) is 0 Å². The third-order valence-electron chi connectivity index (χ3n) is 6.26. The largest absolute Gasteiger partial charge is 0.348 e. The summed E-state index contributed by atoms with van der Waals surface area (Å²) in [6.07, 6.45) is 6.17. The second kappa shape index (κ2) is 6.44. The predicted molar refractivity (Wildman–Crippen MR) is 92.8 cm³/mol. The number of piperidine rings is 2. The van der Waals surface area contributed by atoms with Gasteiger partial charge in [0.1, 0.15) is 6.04 Å². The number of amides is 2. The minimum Gasteiger partial charge on any atom is -0.348 e. The van der Waals surface area contributed by atoms with Crippen LogP contribution in [0.5, 0.6) is 0 Å². The number of hydrogen-bond donors (Lipinski definition) is 2. The fourth-order valence-electron chi connectivity index (χ4n) is 4.61. The molecule has 1 atom stereocenters. The lowest BCUT2D eigenvalue weighted by atomic mass is 9.72. The van der Waals surface area contributed by atoms with Crippen molar-refractivity contribution in [3.05, 3.63) is 17.7 Å². The first kappa shape index (κ1) is 16.6. The number of rotatable bonds is 2. The van der Waals surface area contributed by atoms with E-state index in [1.54, 1.807) is 6.33 Å². The summed E-state index contributed by atoms with van der Waals surface area (Å²) in [6, 6.07) is -0.316. The van der Waals surface area contributed by atoms with Gasteiger partial charge in [-0.1, -0.05) is 0 Å². The number of H-pyrrole nitrogens is 1. The zero-order valence-electron chi connectivity index (χ0n) is 14.9. The summed E-state index contributed by atoms with van der Waals surface area (Å²) in [5.41, 5.74) is 2.14. The fourth-order valence-corrected chi connectivity index (χ4v) is 4.61. The Kier molecular flexibility index (Phi) is 4.27. The molecule has 2 fully saturated rings. The van der Waals surface area contributed by atoms with E-state index in [-0.39, 0.29) is 23.3 Å². The molecule has 4 rings (SSSR count). The van der Waals surface area contributed by atoms with Gasteiger partial charge in [-0.05, 0) is 31.6 Å². The van der Waals surface area contributed by atoms with E-state index in [1.165, 1.54) is 0 Å². The minimum absolute atomic E-state index is 0.141. The molecule has 2 N–H and O–H groups in total. The summed E-state index contributed by atoms with van der Waals surface area (Å²) < 4.78 is 0. The van der Waals surface area contributed by atoms with Crippen molar-refractivity contribution in [3.8, 4) is 0 Å². The molecule has 1 unspecified atom stereocenters. The average molecular weight is 345 g/mol. The SMILES string of the molecule is CCN1CC2(CCC1=O)CCN(C(=O)C1NCCc3[nH]cnc31)CC2. The number of carbonyl (C=O) groups excluding carboxylic acids is 2. The first-order valence-electron chi connectivity index (χ1n) is 9.44. The third kappa shape index (κ3) is 2.94. The van der Waals surface area contributed by atoms with E-state index in [0.29, 0.717) is 6.42 Å². The Balaban J connectivity index is 1.41. The number of fused-ring (bicyclic) bond motifs is 1. The van der Waals surface area contributed by atoms with E-state index in [1.807, 2.05) is 16.7 Å². The number of carbonyl (C=O) groups is 2. The van der Waals surface area contributed by atoms with Crippen LogP contribution in [-0.2, 0) is 16.0 Å².